The smallest absolute Gasteiger partial charge is 0.354 e. The van der Waals surface area contributed by atoms with Crippen LogP contribution in [-0.2, 0) is 32.7 Å². The van der Waals surface area contributed by atoms with Crippen molar-refractivity contribution in [2.24, 2.45) is 5.73 Å². The normalized spacial score (nSPS) is 9.75. The molecule has 5 aromatic carbocycles. The van der Waals surface area contributed by atoms with Gasteiger partial charge in [0.15, 0.2) is 0 Å². The predicted octanol–water partition coefficient (Wildman–Crippen LogP) is 7.90. The van der Waals surface area contributed by atoms with Crippen molar-refractivity contribution in [1.82, 2.24) is 61.2 Å². The van der Waals surface area contributed by atoms with Crippen LogP contribution in [0.15, 0.2) is 300 Å². The van der Waals surface area contributed by atoms with E-state index in [4.69, 9.17) is 26.4 Å². The molecule has 108 heavy (non-hydrogen) atoms. The van der Waals surface area contributed by atoms with Crippen LogP contribution in [0.4, 0.5) is 5.82 Å². The molecular weight excluding hydrogens is 1380 g/mol. The largest absolute Gasteiger partial charge is 0.481 e. The van der Waals surface area contributed by atoms with Crippen LogP contribution in [0.5, 0.6) is 5.88 Å². The molecule has 0 saturated carbocycles. The van der Waals surface area contributed by atoms with Crippen LogP contribution in [-0.4, -0.2) is 105 Å². The molecule has 0 bridgehead atoms. The Morgan fingerprint density at radius 1 is 0.380 bits per heavy atom. The number of nitrogen functional groups attached to an aromatic ring is 1. The molecule has 29 heteroatoms. The number of methoxy groups -OCH3 is 1. The van der Waals surface area contributed by atoms with E-state index in [-0.39, 0.29) is 51.8 Å². The molecule has 12 aromatic rings. The molecule has 12 rings (SSSR count). The van der Waals surface area contributed by atoms with Gasteiger partial charge in [-0.05, 0) is 88.5 Å². The molecule has 14 N–H and O–H groups in total. The number of benzene rings is 5. The van der Waals surface area contributed by atoms with Crippen LogP contribution >= 0.6 is 0 Å². The lowest BCUT2D eigenvalue weighted by Gasteiger charge is -2.07. The minimum Gasteiger partial charge on any atom is -0.481 e. The number of aromatic carboxylic acids is 2. The molecule has 7 heterocycles. The Morgan fingerprint density at radius 2 is 0.731 bits per heavy atom. The van der Waals surface area contributed by atoms with Gasteiger partial charge in [0.1, 0.15) is 51.4 Å². The molecule has 0 fully saturated rings. The summed E-state index contributed by atoms with van der Waals surface area (Å²) in [6, 6.07) is 79.9. The lowest BCUT2D eigenvalue weighted by atomic mass is 10.2. The number of rotatable bonds is 19. The monoisotopic (exact) mass is 1460 g/mol. The van der Waals surface area contributed by atoms with E-state index in [1.165, 1.54) is 79.9 Å². The number of H-pyrrole nitrogens is 2. The first-order valence-electron chi connectivity index (χ1n) is 32.4. The summed E-state index contributed by atoms with van der Waals surface area (Å²) in [5.74, 6) is -3.61. The Hall–Kier alpha value is -15.3. The second kappa shape index (κ2) is 44.9. The van der Waals surface area contributed by atoms with Crippen LogP contribution in [0.25, 0.3) is 0 Å². The summed E-state index contributed by atoms with van der Waals surface area (Å²) < 4.78 is 5.31. The van der Waals surface area contributed by atoms with Gasteiger partial charge in [0.25, 0.3) is 41.0 Å². The third-order valence-corrected chi connectivity index (χ3v) is 13.9. The molecule has 550 valence electrons. The number of hydrogen-bond acceptors (Lipinski definition) is 18. The number of ether oxygens (including phenoxy) is 1. The molecule has 6 amide bonds. The van der Waals surface area contributed by atoms with Crippen molar-refractivity contribution in [3.63, 3.8) is 0 Å². The maximum atomic E-state index is 11.9. The van der Waals surface area contributed by atoms with Crippen molar-refractivity contribution >= 4 is 53.2 Å². The summed E-state index contributed by atoms with van der Waals surface area (Å²) in [6.45, 7) is 2.20. The highest BCUT2D eigenvalue weighted by molar-refractivity contribution is 5.95. The Labute approximate surface area is 617 Å². The number of aromatic nitrogens is 7. The zero-order valence-electron chi connectivity index (χ0n) is 57.8. The average Bonchev–Trinajstić information content (AvgIpc) is 0.824. The summed E-state index contributed by atoms with van der Waals surface area (Å²) in [6.07, 6.45) is 1.61. The van der Waals surface area contributed by atoms with Crippen molar-refractivity contribution in [1.29, 1.82) is 0 Å². The quantitative estimate of drug-likeness (QED) is 0.0342. The first kappa shape index (κ1) is 81.7. The number of nitrogens with two attached hydrogens (primary N) is 2. The van der Waals surface area contributed by atoms with Gasteiger partial charge in [-0.1, -0.05) is 194 Å². The lowest BCUT2D eigenvalue weighted by Crippen LogP contribution is -2.30. The number of aromatic amines is 2. The maximum Gasteiger partial charge on any atom is 0.354 e. The van der Waals surface area contributed by atoms with E-state index in [0.29, 0.717) is 66.2 Å². The van der Waals surface area contributed by atoms with Gasteiger partial charge in [0.2, 0.25) is 17.0 Å². The topological polar surface area (TPSA) is 458 Å². The highest BCUT2D eigenvalue weighted by Crippen LogP contribution is 2.09. The third-order valence-electron chi connectivity index (χ3n) is 13.9. The number of amides is 6. The van der Waals surface area contributed by atoms with Crippen LogP contribution < -0.4 is 59.5 Å². The minimum atomic E-state index is -1.15. The molecular formula is C79H74N14O15. The number of anilines is 1. The molecule has 29 nitrogen and oxygen atoms in total. The molecule has 7 aromatic heterocycles. The zero-order valence-corrected chi connectivity index (χ0v) is 57.8. The summed E-state index contributed by atoms with van der Waals surface area (Å²) in [4.78, 5) is 143. The molecule has 0 saturated heterocycles. The van der Waals surface area contributed by atoms with Gasteiger partial charge in [-0.25, -0.2) is 24.5 Å². The van der Waals surface area contributed by atoms with Crippen molar-refractivity contribution < 1.29 is 58.5 Å². The average molecular weight is 1460 g/mol. The summed E-state index contributed by atoms with van der Waals surface area (Å²) in [5, 5.41) is 40.3. The first-order valence-corrected chi connectivity index (χ1v) is 32.4. The van der Waals surface area contributed by atoms with E-state index >= 15 is 0 Å². The number of carboxylic acid groups (broad SMARTS) is 2. The van der Waals surface area contributed by atoms with Crippen LogP contribution in [0.2, 0.25) is 0 Å². The summed E-state index contributed by atoms with van der Waals surface area (Å²) in [7, 11) is 1.52. The van der Waals surface area contributed by atoms with Crippen LogP contribution in [0.3, 0.4) is 0 Å². The SMILES string of the molecule is COc1cccc(C(=O)NCc2ccccc2)n1.NC(=O)c1cccc(=O)[nH]1.Nc1cccc(C(=O)NCc2ccccc2)n1.O=C(NCc1ccccc1)c1cccc(=O)n1O.O=C(NCc1ccccc1)c1ccccn1.O=C(O)c1cccc(=O)[nH]1.O=C(O)c1cccc(C(=O)NCc2ccccc2)n1. The lowest BCUT2D eigenvalue weighted by molar-refractivity contribution is 0.0679. The maximum absolute atomic E-state index is 11.9. The fourth-order valence-corrected chi connectivity index (χ4v) is 8.57. The van der Waals surface area contributed by atoms with Crippen molar-refractivity contribution in [2.45, 2.75) is 32.7 Å². The van der Waals surface area contributed by atoms with Gasteiger partial charge in [0, 0.05) is 63.2 Å². The first-order chi connectivity index (χ1) is 52.1. The molecule has 0 aliphatic carbocycles. The third kappa shape index (κ3) is 30.1. The van der Waals surface area contributed by atoms with E-state index in [9.17, 15) is 57.9 Å². The van der Waals surface area contributed by atoms with E-state index in [1.54, 1.807) is 60.8 Å². The molecule has 0 unspecified atom stereocenters. The van der Waals surface area contributed by atoms with Crippen LogP contribution in [0, 0.1) is 0 Å². The second-order valence-electron chi connectivity index (χ2n) is 21.9. The number of primary amides is 1. The number of carbonyl (C=O) groups excluding carboxylic acids is 6. The fourth-order valence-electron chi connectivity index (χ4n) is 8.57. The number of pyridine rings is 7. The highest BCUT2D eigenvalue weighted by Gasteiger charge is 2.14. The number of hydrogen-bond donors (Lipinski definition) is 12. The van der Waals surface area contributed by atoms with Crippen molar-refractivity contribution in [3.8, 4) is 5.88 Å². The molecule has 0 aliphatic heterocycles. The number of carbonyl (C=O) groups is 8. The fraction of sp³-hybridized carbons (Fsp3) is 0.0759. The predicted molar refractivity (Wildman–Crippen MR) is 400 cm³/mol. The summed E-state index contributed by atoms with van der Waals surface area (Å²) >= 11 is 0. The minimum absolute atomic E-state index is 0.0848. The number of carboxylic acids is 2. The highest BCUT2D eigenvalue weighted by atomic mass is 16.5. The number of nitrogens with one attached hydrogen (secondary N) is 7. The summed E-state index contributed by atoms with van der Waals surface area (Å²) in [5.41, 5.74) is 15.1. The molecule has 0 spiro atoms. The van der Waals surface area contributed by atoms with Gasteiger partial charge >= 0.3 is 11.9 Å². The van der Waals surface area contributed by atoms with Gasteiger partial charge in [-0.2, -0.15) is 0 Å². The molecule has 0 atom stereocenters. The van der Waals surface area contributed by atoms with E-state index in [0.717, 1.165) is 27.8 Å². The van der Waals surface area contributed by atoms with E-state index in [2.05, 4.69) is 56.5 Å². The Balaban J connectivity index is 0.000000199. The number of nitrogens with zero attached hydrogens (tertiary/aromatic N) is 5. The Morgan fingerprint density at radius 3 is 1.11 bits per heavy atom. The standard InChI is InChI=1S/C14H12N2O3.C14H14N2O2.C13H13N3O.C13H12N2O3.C13H12N2O.C6H6N2O2.C6H5NO3/c17-13(15-9-10-5-2-1-3-6-10)11-7-4-8-12(16-11)14(18)19;1-18-13-9-5-8-12(16-13)14(17)15-10-11-6-3-2-4-7-11;14-12-8-4-7-11(16-12)13(17)15-9-10-5-2-1-3-6-10;16-12-8-4-7-11(15(12)18)13(17)14-9-10-5-2-1-3-6-10;16-13(12-8-4-5-9-14-12)15-10-11-6-2-1-3-7-11;7-6(10)4-2-1-3-5(9)8-4;8-5-3-1-2-4(7-5)6(9)10/h1-8H,9H2,(H,15,17)(H,18,19);2-9H,10H2,1H3,(H,15,17);1-8H,9H2,(H2,14,16)(H,15,17);1-8,18H,9H2,(H,14,17);1-9H,10H2,(H,15,16);1-3H,(H2,7,10)(H,8,9);1-3H,(H,7,8)(H,9,10). The molecule has 0 radical (unpaired) electrons. The van der Waals surface area contributed by atoms with Gasteiger partial charge < -0.3 is 68.2 Å². The zero-order chi connectivity index (χ0) is 77.8. The Bertz CT molecular complexity index is 5000. The van der Waals surface area contributed by atoms with Gasteiger partial charge in [-0.15, -0.1) is 4.73 Å². The van der Waals surface area contributed by atoms with Crippen LogP contribution in [0.1, 0.15) is 112 Å². The van der Waals surface area contributed by atoms with E-state index in [1.807, 2.05) is 152 Å². The van der Waals surface area contributed by atoms with E-state index < -0.39 is 40.8 Å². The molecule has 0 aliphatic rings. The van der Waals surface area contributed by atoms with Crippen molar-refractivity contribution in [3.05, 3.63) is 390 Å². The Kier molecular flexibility index (Phi) is 33.9. The van der Waals surface area contributed by atoms with Crippen molar-refractivity contribution in [2.75, 3.05) is 12.8 Å². The van der Waals surface area contributed by atoms with Gasteiger partial charge in [0.05, 0.1) is 7.11 Å². The van der Waals surface area contributed by atoms with Gasteiger partial charge in [-0.3, -0.25) is 48.1 Å². The second-order valence-corrected chi connectivity index (χ2v) is 21.9.